The van der Waals surface area contributed by atoms with Crippen molar-refractivity contribution < 1.29 is 14.5 Å². The molecule has 1 aromatic carbocycles. The summed E-state index contributed by atoms with van der Waals surface area (Å²) in [6.45, 7) is 8.49. The zero-order valence-corrected chi connectivity index (χ0v) is 15.2. The van der Waals surface area contributed by atoms with Crippen molar-refractivity contribution in [2.45, 2.75) is 13.0 Å². The number of ether oxygens (including phenoxy) is 1. The Bertz CT molecular complexity index is 640. The van der Waals surface area contributed by atoms with Crippen molar-refractivity contribution in [3.63, 3.8) is 0 Å². The number of hydrogen-bond donors (Lipinski definition) is 0. The van der Waals surface area contributed by atoms with E-state index in [1.165, 1.54) is 6.07 Å². The fourth-order valence-corrected chi connectivity index (χ4v) is 3.52. The van der Waals surface area contributed by atoms with Crippen molar-refractivity contribution in [1.29, 1.82) is 0 Å². The standard InChI is InChI=1S/C18H26N4O4/c1-15(16-3-2-4-17(13-16)22(24)25)20-5-7-21(8-6-20)18(23)14-19-9-11-26-12-10-19/h2-4,13,15H,5-12,14H2,1H3. The maximum Gasteiger partial charge on any atom is 0.269 e. The molecule has 0 spiro atoms. The smallest absolute Gasteiger partial charge is 0.269 e. The third kappa shape index (κ3) is 4.57. The topological polar surface area (TPSA) is 79.2 Å². The summed E-state index contributed by atoms with van der Waals surface area (Å²) in [7, 11) is 0. The number of non-ortho nitro benzene ring substituents is 1. The summed E-state index contributed by atoms with van der Waals surface area (Å²) in [4.78, 5) is 29.4. The van der Waals surface area contributed by atoms with Crippen molar-refractivity contribution in [3.05, 3.63) is 39.9 Å². The maximum absolute atomic E-state index is 12.5. The van der Waals surface area contributed by atoms with Crippen LogP contribution in [0.1, 0.15) is 18.5 Å². The molecule has 0 radical (unpaired) electrons. The summed E-state index contributed by atoms with van der Waals surface area (Å²) in [6.07, 6.45) is 0. The van der Waals surface area contributed by atoms with Gasteiger partial charge in [0, 0.05) is 57.4 Å². The maximum atomic E-state index is 12.5. The lowest BCUT2D eigenvalue weighted by atomic mass is 10.1. The van der Waals surface area contributed by atoms with Crippen LogP contribution in [0.4, 0.5) is 5.69 Å². The molecule has 2 aliphatic rings. The van der Waals surface area contributed by atoms with Crippen LogP contribution < -0.4 is 0 Å². The highest BCUT2D eigenvalue weighted by molar-refractivity contribution is 5.78. The Kier molecular flexibility index (Phi) is 6.18. The van der Waals surface area contributed by atoms with Gasteiger partial charge in [0.15, 0.2) is 0 Å². The molecule has 2 saturated heterocycles. The first-order valence-corrected chi connectivity index (χ1v) is 9.11. The molecule has 26 heavy (non-hydrogen) atoms. The predicted molar refractivity (Wildman–Crippen MR) is 96.9 cm³/mol. The minimum absolute atomic E-state index is 0.0893. The Balaban J connectivity index is 1.52. The number of morpholine rings is 1. The third-order valence-electron chi connectivity index (χ3n) is 5.24. The minimum Gasteiger partial charge on any atom is -0.379 e. The molecule has 0 aromatic heterocycles. The zero-order chi connectivity index (χ0) is 18.5. The van der Waals surface area contributed by atoms with Gasteiger partial charge in [0.2, 0.25) is 5.91 Å². The van der Waals surface area contributed by atoms with E-state index in [0.29, 0.717) is 32.8 Å². The van der Waals surface area contributed by atoms with Gasteiger partial charge in [0.1, 0.15) is 0 Å². The summed E-state index contributed by atoms with van der Waals surface area (Å²) in [6, 6.07) is 6.89. The molecule has 1 unspecified atom stereocenters. The van der Waals surface area contributed by atoms with E-state index >= 15 is 0 Å². The molecule has 2 aliphatic heterocycles. The van der Waals surface area contributed by atoms with Crippen molar-refractivity contribution >= 4 is 11.6 Å². The van der Waals surface area contributed by atoms with Crippen LogP contribution in [0, 0.1) is 10.1 Å². The summed E-state index contributed by atoms with van der Waals surface area (Å²) >= 11 is 0. The van der Waals surface area contributed by atoms with E-state index in [9.17, 15) is 14.9 Å². The molecular formula is C18H26N4O4. The number of carbonyl (C=O) groups excluding carboxylic acids is 1. The first-order valence-electron chi connectivity index (χ1n) is 9.11. The van der Waals surface area contributed by atoms with Crippen LogP contribution >= 0.6 is 0 Å². The Hall–Kier alpha value is -2.03. The molecular weight excluding hydrogens is 336 g/mol. The molecule has 8 nitrogen and oxygen atoms in total. The summed E-state index contributed by atoms with van der Waals surface area (Å²) in [5, 5.41) is 11.0. The lowest BCUT2D eigenvalue weighted by Gasteiger charge is -2.39. The average molecular weight is 362 g/mol. The molecule has 0 N–H and O–H groups in total. The molecule has 1 atom stereocenters. The van der Waals surface area contributed by atoms with Gasteiger partial charge in [-0.1, -0.05) is 12.1 Å². The van der Waals surface area contributed by atoms with Crippen LogP contribution in [-0.2, 0) is 9.53 Å². The predicted octanol–water partition coefficient (Wildman–Crippen LogP) is 1.13. The second-order valence-electron chi connectivity index (χ2n) is 6.83. The van der Waals surface area contributed by atoms with E-state index in [0.717, 1.165) is 31.7 Å². The first-order chi connectivity index (χ1) is 12.5. The van der Waals surface area contributed by atoms with Crippen molar-refractivity contribution in [1.82, 2.24) is 14.7 Å². The van der Waals surface area contributed by atoms with E-state index < -0.39 is 0 Å². The number of amides is 1. The number of piperazine rings is 1. The minimum atomic E-state index is -0.363. The molecule has 1 aromatic rings. The van der Waals surface area contributed by atoms with Crippen molar-refractivity contribution in [2.75, 3.05) is 59.0 Å². The van der Waals surface area contributed by atoms with E-state index in [1.807, 2.05) is 11.0 Å². The second kappa shape index (κ2) is 8.57. The van der Waals surface area contributed by atoms with Gasteiger partial charge < -0.3 is 9.64 Å². The van der Waals surface area contributed by atoms with E-state index in [4.69, 9.17) is 4.74 Å². The molecule has 8 heteroatoms. The van der Waals surface area contributed by atoms with E-state index in [-0.39, 0.29) is 22.6 Å². The van der Waals surface area contributed by atoms with Crippen LogP contribution in [0.3, 0.4) is 0 Å². The monoisotopic (exact) mass is 362 g/mol. The molecule has 0 bridgehead atoms. The molecule has 1 amide bonds. The van der Waals surface area contributed by atoms with Crippen LogP contribution in [-0.4, -0.2) is 84.6 Å². The van der Waals surface area contributed by atoms with Crippen LogP contribution in [0.5, 0.6) is 0 Å². The number of carbonyl (C=O) groups is 1. The zero-order valence-electron chi connectivity index (χ0n) is 15.2. The highest BCUT2D eigenvalue weighted by Crippen LogP contribution is 2.25. The first kappa shape index (κ1) is 18.8. The Labute approximate surface area is 153 Å². The second-order valence-corrected chi connectivity index (χ2v) is 6.83. The summed E-state index contributed by atoms with van der Waals surface area (Å²) < 4.78 is 5.32. The largest absolute Gasteiger partial charge is 0.379 e. The van der Waals surface area contributed by atoms with Crippen molar-refractivity contribution in [2.24, 2.45) is 0 Å². The fraction of sp³-hybridized carbons (Fsp3) is 0.611. The third-order valence-corrected chi connectivity index (χ3v) is 5.24. The number of nitro benzene ring substituents is 1. The molecule has 2 heterocycles. The SMILES string of the molecule is CC(c1cccc([N+](=O)[O-])c1)N1CCN(C(=O)CN2CCOCC2)CC1. The quantitative estimate of drug-likeness (QED) is 0.577. The molecule has 2 fully saturated rings. The number of hydrogen-bond acceptors (Lipinski definition) is 6. The number of nitrogens with zero attached hydrogens (tertiary/aromatic N) is 4. The molecule has 142 valence electrons. The Morgan fingerprint density at radius 3 is 2.54 bits per heavy atom. The van der Waals surface area contributed by atoms with Gasteiger partial charge in [-0.3, -0.25) is 24.7 Å². The van der Waals surface area contributed by atoms with Crippen LogP contribution in [0.2, 0.25) is 0 Å². The van der Waals surface area contributed by atoms with Gasteiger partial charge in [-0.05, 0) is 12.5 Å². The van der Waals surface area contributed by atoms with Crippen LogP contribution in [0.15, 0.2) is 24.3 Å². The fourth-order valence-electron chi connectivity index (χ4n) is 3.52. The summed E-state index contributed by atoms with van der Waals surface area (Å²) in [5.74, 6) is 0.176. The van der Waals surface area contributed by atoms with E-state index in [2.05, 4.69) is 16.7 Å². The highest BCUT2D eigenvalue weighted by atomic mass is 16.6. The average Bonchev–Trinajstić information content (AvgIpc) is 2.68. The summed E-state index contributed by atoms with van der Waals surface area (Å²) in [5.41, 5.74) is 1.06. The van der Waals surface area contributed by atoms with Gasteiger partial charge in [0.05, 0.1) is 24.7 Å². The van der Waals surface area contributed by atoms with E-state index in [1.54, 1.807) is 12.1 Å². The number of benzene rings is 1. The van der Waals surface area contributed by atoms with Gasteiger partial charge in [-0.25, -0.2) is 0 Å². The number of rotatable bonds is 5. The number of nitro groups is 1. The van der Waals surface area contributed by atoms with Gasteiger partial charge in [-0.2, -0.15) is 0 Å². The Morgan fingerprint density at radius 1 is 1.19 bits per heavy atom. The lowest BCUT2D eigenvalue weighted by molar-refractivity contribution is -0.385. The normalized spacial score (nSPS) is 20.7. The van der Waals surface area contributed by atoms with Gasteiger partial charge >= 0.3 is 0 Å². The molecule has 0 saturated carbocycles. The van der Waals surface area contributed by atoms with Crippen molar-refractivity contribution in [3.8, 4) is 0 Å². The van der Waals surface area contributed by atoms with Gasteiger partial charge in [-0.15, -0.1) is 0 Å². The molecule has 3 rings (SSSR count). The van der Waals surface area contributed by atoms with Crippen LogP contribution in [0.25, 0.3) is 0 Å². The van der Waals surface area contributed by atoms with Gasteiger partial charge in [0.25, 0.3) is 5.69 Å². The molecule has 0 aliphatic carbocycles. The highest BCUT2D eigenvalue weighted by Gasteiger charge is 2.26. The lowest BCUT2D eigenvalue weighted by Crippen LogP contribution is -2.52. The Morgan fingerprint density at radius 2 is 1.88 bits per heavy atom.